The van der Waals surface area contributed by atoms with Gasteiger partial charge in [-0.25, -0.2) is 0 Å². The van der Waals surface area contributed by atoms with E-state index in [1.54, 1.807) is 6.07 Å². The van der Waals surface area contributed by atoms with Crippen LogP contribution in [0.1, 0.15) is 18.1 Å². The van der Waals surface area contributed by atoms with Crippen molar-refractivity contribution in [2.75, 3.05) is 25.0 Å². The van der Waals surface area contributed by atoms with Crippen molar-refractivity contribution >= 4 is 5.69 Å². The van der Waals surface area contributed by atoms with Crippen LogP contribution in [-0.2, 0) is 12.6 Å². The van der Waals surface area contributed by atoms with Gasteiger partial charge in [0.15, 0.2) is 0 Å². The van der Waals surface area contributed by atoms with E-state index in [-0.39, 0.29) is 6.04 Å². The molecule has 5 heteroatoms. The lowest BCUT2D eigenvalue weighted by Gasteiger charge is -2.25. The lowest BCUT2D eigenvalue weighted by molar-refractivity contribution is -0.138. The third-order valence-electron chi connectivity index (χ3n) is 3.43. The van der Waals surface area contributed by atoms with E-state index in [1.165, 1.54) is 12.1 Å². The average Bonchev–Trinajstić information content (AvgIpc) is 2.65. The first-order chi connectivity index (χ1) is 8.49. The number of anilines is 1. The van der Waals surface area contributed by atoms with Crippen LogP contribution in [0.15, 0.2) is 18.2 Å². The van der Waals surface area contributed by atoms with Gasteiger partial charge in [-0.1, -0.05) is 6.07 Å². The summed E-state index contributed by atoms with van der Waals surface area (Å²) < 4.78 is 38.9. The Labute approximate surface area is 105 Å². The molecule has 0 saturated carbocycles. The minimum atomic E-state index is -4.26. The van der Waals surface area contributed by atoms with E-state index in [9.17, 15) is 13.2 Å². The topological polar surface area (TPSA) is 15.3 Å². The number of nitrogens with one attached hydrogen (secondary N) is 1. The van der Waals surface area contributed by atoms with Crippen LogP contribution in [0.4, 0.5) is 18.9 Å². The van der Waals surface area contributed by atoms with Gasteiger partial charge in [0, 0.05) is 24.8 Å². The lowest BCUT2D eigenvalue weighted by Crippen LogP contribution is -2.39. The Bertz CT molecular complexity index is 429. The maximum absolute atomic E-state index is 13.0. The first-order valence-electron chi connectivity index (χ1n) is 6.09. The zero-order chi connectivity index (χ0) is 13.3. The van der Waals surface area contributed by atoms with Crippen molar-refractivity contribution in [1.29, 1.82) is 0 Å². The quantitative estimate of drug-likeness (QED) is 0.896. The van der Waals surface area contributed by atoms with Crippen LogP contribution in [0.5, 0.6) is 0 Å². The number of hydrogen-bond acceptors (Lipinski definition) is 2. The molecule has 1 aromatic carbocycles. The number of benzene rings is 1. The van der Waals surface area contributed by atoms with Crippen molar-refractivity contribution in [3.05, 3.63) is 29.3 Å². The van der Waals surface area contributed by atoms with Gasteiger partial charge in [-0.15, -0.1) is 0 Å². The number of fused-ring (bicyclic) bond motifs is 1. The predicted octanol–water partition coefficient (Wildman–Crippen LogP) is 2.68. The van der Waals surface area contributed by atoms with Crippen LogP contribution in [0, 0.1) is 0 Å². The molecular formula is C13H17F3N2. The molecule has 1 atom stereocenters. The maximum Gasteiger partial charge on any atom is 0.416 e. The van der Waals surface area contributed by atoms with Crippen molar-refractivity contribution < 1.29 is 13.2 Å². The molecule has 2 rings (SSSR count). The second kappa shape index (κ2) is 4.80. The van der Waals surface area contributed by atoms with Crippen LogP contribution in [0.3, 0.4) is 0 Å². The highest BCUT2D eigenvalue weighted by molar-refractivity contribution is 5.62. The van der Waals surface area contributed by atoms with Crippen molar-refractivity contribution in [2.24, 2.45) is 0 Å². The highest BCUT2D eigenvalue weighted by Gasteiger charge is 2.38. The molecule has 0 fully saturated rings. The van der Waals surface area contributed by atoms with E-state index in [0.717, 1.165) is 12.2 Å². The Morgan fingerprint density at radius 2 is 2.11 bits per heavy atom. The smallest absolute Gasteiger partial charge is 0.367 e. The van der Waals surface area contributed by atoms with Crippen molar-refractivity contribution in [1.82, 2.24) is 5.32 Å². The first-order valence-corrected chi connectivity index (χ1v) is 6.09. The summed E-state index contributed by atoms with van der Waals surface area (Å²) in [6.07, 6.45) is -3.81. The van der Waals surface area contributed by atoms with Crippen LogP contribution in [0.2, 0.25) is 0 Å². The van der Waals surface area contributed by atoms with Crippen LogP contribution >= 0.6 is 0 Å². The van der Waals surface area contributed by atoms with Gasteiger partial charge in [-0.2, -0.15) is 13.2 Å². The minimum absolute atomic E-state index is 0.110. The monoisotopic (exact) mass is 258 g/mol. The molecule has 1 N–H and O–H groups in total. The van der Waals surface area contributed by atoms with E-state index in [0.29, 0.717) is 18.5 Å². The van der Waals surface area contributed by atoms with Crippen molar-refractivity contribution in [2.45, 2.75) is 25.6 Å². The fourth-order valence-corrected chi connectivity index (χ4v) is 2.71. The lowest BCUT2D eigenvalue weighted by atomic mass is 10.0. The summed E-state index contributed by atoms with van der Waals surface area (Å²) in [5, 5.41) is 3.04. The molecule has 1 aliphatic heterocycles. The Hall–Kier alpha value is -1.23. The Kier molecular flexibility index (Phi) is 3.52. The SMILES string of the molecule is CCN1c2cccc(C(F)(F)F)c2CC1CNC. The maximum atomic E-state index is 13.0. The third-order valence-corrected chi connectivity index (χ3v) is 3.43. The zero-order valence-electron chi connectivity index (χ0n) is 10.5. The molecule has 0 bridgehead atoms. The number of hydrogen-bond donors (Lipinski definition) is 1. The number of likely N-dealkylation sites (N-methyl/N-ethyl adjacent to an activating group) is 2. The standard InChI is InChI=1S/C13H17F3N2/c1-3-18-9(8-17-2)7-10-11(13(14,15)16)5-4-6-12(10)18/h4-6,9,17H,3,7-8H2,1-2H3. The molecule has 1 aliphatic rings. The van der Waals surface area contributed by atoms with Gasteiger partial charge in [0.05, 0.1) is 5.56 Å². The number of rotatable bonds is 3. The number of alkyl halides is 3. The van der Waals surface area contributed by atoms with E-state index >= 15 is 0 Å². The molecule has 100 valence electrons. The fraction of sp³-hybridized carbons (Fsp3) is 0.538. The number of halogens is 3. The van der Waals surface area contributed by atoms with Gasteiger partial charge in [-0.05, 0) is 38.1 Å². The summed E-state index contributed by atoms with van der Waals surface area (Å²) in [6, 6.07) is 4.56. The van der Waals surface area contributed by atoms with Gasteiger partial charge in [0.25, 0.3) is 0 Å². The van der Waals surface area contributed by atoms with Crippen LogP contribution < -0.4 is 10.2 Å². The average molecular weight is 258 g/mol. The molecule has 0 radical (unpaired) electrons. The molecule has 1 aromatic rings. The molecule has 2 nitrogen and oxygen atoms in total. The van der Waals surface area contributed by atoms with E-state index in [4.69, 9.17) is 0 Å². The van der Waals surface area contributed by atoms with E-state index in [2.05, 4.69) is 5.32 Å². The Morgan fingerprint density at radius 3 is 2.67 bits per heavy atom. The summed E-state index contributed by atoms with van der Waals surface area (Å²) in [6.45, 7) is 3.39. The van der Waals surface area contributed by atoms with E-state index < -0.39 is 11.7 Å². The van der Waals surface area contributed by atoms with Gasteiger partial charge < -0.3 is 10.2 Å². The summed E-state index contributed by atoms with van der Waals surface area (Å²) in [5.41, 5.74) is 0.678. The first kappa shape index (κ1) is 13.2. The highest BCUT2D eigenvalue weighted by Crippen LogP contribution is 2.41. The largest absolute Gasteiger partial charge is 0.416 e. The molecule has 0 saturated heterocycles. The normalized spacial score (nSPS) is 19.2. The summed E-state index contributed by atoms with van der Waals surface area (Å²) >= 11 is 0. The van der Waals surface area contributed by atoms with E-state index in [1.807, 2.05) is 18.9 Å². The fourth-order valence-electron chi connectivity index (χ4n) is 2.71. The van der Waals surface area contributed by atoms with Crippen molar-refractivity contribution in [3.63, 3.8) is 0 Å². The second-order valence-corrected chi connectivity index (χ2v) is 4.50. The summed E-state index contributed by atoms with van der Waals surface area (Å²) in [5.74, 6) is 0. The molecule has 0 aliphatic carbocycles. The van der Waals surface area contributed by atoms with Gasteiger partial charge in [0.1, 0.15) is 0 Å². The predicted molar refractivity (Wildman–Crippen MR) is 65.9 cm³/mol. The minimum Gasteiger partial charge on any atom is -0.367 e. The second-order valence-electron chi connectivity index (χ2n) is 4.50. The highest BCUT2D eigenvalue weighted by atomic mass is 19.4. The molecule has 1 heterocycles. The molecule has 18 heavy (non-hydrogen) atoms. The summed E-state index contributed by atoms with van der Waals surface area (Å²) in [4.78, 5) is 2.04. The summed E-state index contributed by atoms with van der Waals surface area (Å²) in [7, 11) is 1.82. The molecule has 0 spiro atoms. The molecule has 0 amide bonds. The van der Waals surface area contributed by atoms with Crippen LogP contribution in [0.25, 0.3) is 0 Å². The third kappa shape index (κ3) is 2.19. The zero-order valence-corrected chi connectivity index (χ0v) is 10.5. The van der Waals surface area contributed by atoms with Gasteiger partial charge in [-0.3, -0.25) is 0 Å². The van der Waals surface area contributed by atoms with Gasteiger partial charge >= 0.3 is 6.18 Å². The Morgan fingerprint density at radius 1 is 1.39 bits per heavy atom. The van der Waals surface area contributed by atoms with Crippen LogP contribution in [-0.4, -0.2) is 26.2 Å². The van der Waals surface area contributed by atoms with Gasteiger partial charge in [0.2, 0.25) is 0 Å². The molecular weight excluding hydrogens is 241 g/mol. The van der Waals surface area contributed by atoms with Crippen molar-refractivity contribution in [3.8, 4) is 0 Å². The molecule has 1 unspecified atom stereocenters. The number of nitrogens with zero attached hydrogens (tertiary/aromatic N) is 1. The Balaban J connectivity index is 2.43. The molecule has 0 aromatic heterocycles.